The molecule has 2 aromatic rings. The van der Waals surface area contributed by atoms with E-state index in [1.54, 1.807) is 6.26 Å². The molecule has 0 aliphatic heterocycles. The smallest absolute Gasteiger partial charge is 0.252 e. The third kappa shape index (κ3) is 3.74. The molecule has 0 fully saturated rings. The second-order valence-corrected chi connectivity index (χ2v) is 5.93. The van der Waals surface area contributed by atoms with Gasteiger partial charge in [-0.05, 0) is 60.7 Å². The van der Waals surface area contributed by atoms with Crippen molar-refractivity contribution in [2.45, 2.75) is 13.0 Å². The molecular formula is C16H19BrN2O2. The molecular weight excluding hydrogens is 332 g/mol. The van der Waals surface area contributed by atoms with Gasteiger partial charge in [0.05, 0.1) is 17.9 Å². The van der Waals surface area contributed by atoms with Crippen LogP contribution in [-0.4, -0.2) is 31.4 Å². The predicted molar refractivity (Wildman–Crippen MR) is 86.3 cm³/mol. The summed E-state index contributed by atoms with van der Waals surface area (Å²) >= 11 is 3.47. The van der Waals surface area contributed by atoms with Gasteiger partial charge in [-0.15, -0.1) is 0 Å². The lowest BCUT2D eigenvalue weighted by Crippen LogP contribution is -2.34. The topological polar surface area (TPSA) is 45.5 Å². The van der Waals surface area contributed by atoms with Gasteiger partial charge in [-0.3, -0.25) is 9.69 Å². The molecule has 0 saturated carbocycles. The summed E-state index contributed by atoms with van der Waals surface area (Å²) in [6.07, 6.45) is 1.64. The van der Waals surface area contributed by atoms with Crippen molar-refractivity contribution in [2.24, 2.45) is 0 Å². The van der Waals surface area contributed by atoms with Gasteiger partial charge in [0.25, 0.3) is 5.91 Å². The van der Waals surface area contributed by atoms with Crippen molar-refractivity contribution >= 4 is 21.8 Å². The minimum absolute atomic E-state index is 0.00698. The summed E-state index contributed by atoms with van der Waals surface area (Å²) in [5.41, 5.74) is 1.68. The first-order valence-electron chi connectivity index (χ1n) is 6.74. The van der Waals surface area contributed by atoms with Crippen LogP contribution in [0.5, 0.6) is 0 Å². The molecule has 1 heterocycles. The number of carbonyl (C=O) groups is 1. The number of benzene rings is 1. The normalized spacial score (nSPS) is 12.4. The number of carbonyl (C=O) groups excluding carboxylic acids is 1. The number of halogens is 1. The standard InChI is InChI=1S/C16H19BrN2O2/c1-11-6-4-7-12(15(11)17)16(20)18-10-13(19(2)3)14-8-5-9-21-14/h4-9,13H,10H2,1-3H3,(H,18,20). The van der Waals surface area contributed by atoms with E-state index in [0.717, 1.165) is 15.8 Å². The molecule has 2 rings (SSSR count). The maximum Gasteiger partial charge on any atom is 0.252 e. The minimum Gasteiger partial charge on any atom is -0.468 e. The fraction of sp³-hybridized carbons (Fsp3) is 0.312. The molecule has 112 valence electrons. The molecule has 0 radical (unpaired) electrons. The number of rotatable bonds is 5. The van der Waals surface area contributed by atoms with Crippen molar-refractivity contribution in [1.29, 1.82) is 0 Å². The van der Waals surface area contributed by atoms with Crippen LogP contribution in [0.4, 0.5) is 0 Å². The Morgan fingerprint density at radius 2 is 2.10 bits per heavy atom. The Labute approximate surface area is 133 Å². The van der Waals surface area contributed by atoms with Crippen LogP contribution < -0.4 is 5.32 Å². The summed E-state index contributed by atoms with van der Waals surface area (Å²) < 4.78 is 6.27. The molecule has 4 nitrogen and oxygen atoms in total. The van der Waals surface area contributed by atoms with Crippen molar-refractivity contribution < 1.29 is 9.21 Å². The van der Waals surface area contributed by atoms with E-state index < -0.39 is 0 Å². The molecule has 1 atom stereocenters. The highest BCUT2D eigenvalue weighted by molar-refractivity contribution is 9.10. The first-order chi connectivity index (χ1) is 10.0. The van der Waals surface area contributed by atoms with E-state index in [2.05, 4.69) is 21.2 Å². The van der Waals surface area contributed by atoms with Gasteiger partial charge in [0.1, 0.15) is 5.76 Å². The van der Waals surface area contributed by atoms with Crippen LogP contribution in [0.25, 0.3) is 0 Å². The van der Waals surface area contributed by atoms with Gasteiger partial charge in [-0.25, -0.2) is 0 Å². The zero-order valence-electron chi connectivity index (χ0n) is 12.4. The van der Waals surface area contributed by atoms with E-state index in [-0.39, 0.29) is 11.9 Å². The van der Waals surface area contributed by atoms with E-state index in [9.17, 15) is 4.79 Å². The maximum atomic E-state index is 12.3. The Morgan fingerprint density at radius 1 is 1.33 bits per heavy atom. The Bertz CT molecular complexity index is 609. The fourth-order valence-electron chi connectivity index (χ4n) is 2.13. The molecule has 1 aromatic carbocycles. The lowest BCUT2D eigenvalue weighted by atomic mass is 10.1. The van der Waals surface area contributed by atoms with E-state index in [0.29, 0.717) is 12.1 Å². The predicted octanol–water partition coefficient (Wildman–Crippen LogP) is 3.38. The lowest BCUT2D eigenvalue weighted by molar-refractivity contribution is 0.0938. The number of hydrogen-bond acceptors (Lipinski definition) is 3. The zero-order chi connectivity index (χ0) is 15.4. The Hall–Kier alpha value is -1.59. The van der Waals surface area contributed by atoms with Crippen LogP contribution in [0.15, 0.2) is 45.5 Å². The highest BCUT2D eigenvalue weighted by atomic mass is 79.9. The molecule has 0 bridgehead atoms. The summed E-state index contributed by atoms with van der Waals surface area (Å²) in [6, 6.07) is 9.43. The largest absolute Gasteiger partial charge is 0.468 e. The molecule has 1 aromatic heterocycles. The maximum absolute atomic E-state index is 12.3. The van der Waals surface area contributed by atoms with Gasteiger partial charge in [0.2, 0.25) is 0 Å². The minimum atomic E-state index is -0.0935. The highest BCUT2D eigenvalue weighted by Crippen LogP contribution is 2.22. The molecule has 0 spiro atoms. The van der Waals surface area contributed by atoms with Crippen molar-refractivity contribution in [3.8, 4) is 0 Å². The van der Waals surface area contributed by atoms with Gasteiger partial charge in [0.15, 0.2) is 0 Å². The van der Waals surface area contributed by atoms with Crippen LogP contribution in [0.2, 0.25) is 0 Å². The molecule has 0 aliphatic carbocycles. The van der Waals surface area contributed by atoms with E-state index in [1.807, 2.05) is 56.3 Å². The number of hydrogen-bond donors (Lipinski definition) is 1. The highest BCUT2D eigenvalue weighted by Gasteiger charge is 2.19. The first-order valence-corrected chi connectivity index (χ1v) is 7.53. The molecule has 1 unspecified atom stereocenters. The Morgan fingerprint density at radius 3 is 2.71 bits per heavy atom. The number of likely N-dealkylation sites (N-methyl/N-ethyl adjacent to an activating group) is 1. The van der Waals surface area contributed by atoms with E-state index in [1.165, 1.54) is 0 Å². The van der Waals surface area contributed by atoms with Crippen molar-refractivity contribution in [3.05, 3.63) is 58.0 Å². The quantitative estimate of drug-likeness (QED) is 0.898. The average molecular weight is 351 g/mol. The number of aryl methyl sites for hydroxylation is 1. The summed E-state index contributed by atoms with van der Waals surface area (Å²) in [4.78, 5) is 14.3. The summed E-state index contributed by atoms with van der Waals surface area (Å²) in [6.45, 7) is 2.45. The van der Waals surface area contributed by atoms with E-state index in [4.69, 9.17) is 4.42 Å². The molecule has 5 heteroatoms. The van der Waals surface area contributed by atoms with Crippen molar-refractivity contribution in [3.63, 3.8) is 0 Å². The van der Waals surface area contributed by atoms with E-state index >= 15 is 0 Å². The first kappa shape index (κ1) is 15.8. The van der Waals surface area contributed by atoms with Crippen molar-refractivity contribution in [2.75, 3.05) is 20.6 Å². The number of nitrogens with zero attached hydrogens (tertiary/aromatic N) is 1. The zero-order valence-corrected chi connectivity index (χ0v) is 14.0. The Kier molecular flexibility index (Phi) is 5.20. The molecule has 0 aliphatic rings. The second-order valence-electron chi connectivity index (χ2n) is 5.14. The SMILES string of the molecule is Cc1cccc(C(=O)NCC(c2ccco2)N(C)C)c1Br. The third-order valence-electron chi connectivity index (χ3n) is 3.39. The average Bonchev–Trinajstić information content (AvgIpc) is 2.95. The van der Waals surface area contributed by atoms with Crippen LogP contribution in [0.1, 0.15) is 27.7 Å². The van der Waals surface area contributed by atoms with Crippen LogP contribution in [-0.2, 0) is 0 Å². The molecule has 0 saturated heterocycles. The fourth-order valence-corrected chi connectivity index (χ4v) is 2.57. The number of nitrogens with one attached hydrogen (secondary N) is 1. The van der Waals surface area contributed by atoms with Crippen LogP contribution in [0.3, 0.4) is 0 Å². The van der Waals surface area contributed by atoms with Gasteiger partial charge in [-0.2, -0.15) is 0 Å². The van der Waals surface area contributed by atoms with Gasteiger partial charge in [0, 0.05) is 11.0 Å². The van der Waals surface area contributed by atoms with Gasteiger partial charge in [-0.1, -0.05) is 12.1 Å². The monoisotopic (exact) mass is 350 g/mol. The number of amides is 1. The summed E-state index contributed by atoms with van der Waals surface area (Å²) in [5.74, 6) is 0.743. The van der Waals surface area contributed by atoms with Crippen LogP contribution >= 0.6 is 15.9 Å². The van der Waals surface area contributed by atoms with Crippen LogP contribution in [0, 0.1) is 6.92 Å². The lowest BCUT2D eigenvalue weighted by Gasteiger charge is -2.22. The summed E-state index contributed by atoms with van der Waals surface area (Å²) in [7, 11) is 3.92. The second kappa shape index (κ2) is 6.91. The summed E-state index contributed by atoms with van der Waals surface area (Å²) in [5, 5.41) is 2.97. The van der Waals surface area contributed by atoms with Crippen molar-refractivity contribution in [1.82, 2.24) is 10.2 Å². The molecule has 21 heavy (non-hydrogen) atoms. The molecule has 1 N–H and O–H groups in total. The Balaban J connectivity index is 2.07. The molecule has 1 amide bonds. The van der Waals surface area contributed by atoms with Gasteiger partial charge < -0.3 is 9.73 Å². The third-order valence-corrected chi connectivity index (χ3v) is 4.44. The van der Waals surface area contributed by atoms with Gasteiger partial charge >= 0.3 is 0 Å². The number of furan rings is 1.